The summed E-state index contributed by atoms with van der Waals surface area (Å²) >= 11 is 0. The third kappa shape index (κ3) is 1.46. The number of ketones is 1. The molecule has 2 aromatic rings. The number of anilines is 1. The van der Waals surface area contributed by atoms with Gasteiger partial charge in [0.2, 0.25) is 0 Å². The number of fused-ring (bicyclic) bond motifs is 3. The SMILES string of the molecule is CC(=O)c1ccc2c(c1N)C(C)(C)c1ccccc1-2. The van der Waals surface area contributed by atoms with Crippen LogP contribution >= 0.6 is 0 Å². The lowest BCUT2D eigenvalue weighted by molar-refractivity contribution is 0.101. The van der Waals surface area contributed by atoms with E-state index in [1.807, 2.05) is 18.2 Å². The van der Waals surface area contributed by atoms with Crippen molar-refractivity contribution in [2.45, 2.75) is 26.2 Å². The van der Waals surface area contributed by atoms with Crippen molar-refractivity contribution < 1.29 is 4.79 Å². The highest BCUT2D eigenvalue weighted by atomic mass is 16.1. The number of nitrogen functional groups attached to an aromatic ring is 1. The van der Waals surface area contributed by atoms with Crippen molar-refractivity contribution >= 4 is 11.5 Å². The van der Waals surface area contributed by atoms with E-state index in [0.717, 1.165) is 11.1 Å². The molecule has 1 aliphatic carbocycles. The molecule has 0 saturated heterocycles. The molecule has 1 aliphatic rings. The van der Waals surface area contributed by atoms with Crippen LogP contribution in [0.15, 0.2) is 36.4 Å². The van der Waals surface area contributed by atoms with Crippen LogP contribution < -0.4 is 5.73 Å². The van der Waals surface area contributed by atoms with Crippen LogP contribution in [0.2, 0.25) is 0 Å². The van der Waals surface area contributed by atoms with Crippen LogP contribution in [0.4, 0.5) is 5.69 Å². The molecule has 0 aliphatic heterocycles. The van der Waals surface area contributed by atoms with Crippen LogP contribution in [-0.2, 0) is 5.41 Å². The second-order valence-corrected chi connectivity index (χ2v) is 5.68. The molecule has 2 nitrogen and oxygen atoms in total. The monoisotopic (exact) mass is 251 g/mol. The maximum atomic E-state index is 11.7. The highest BCUT2D eigenvalue weighted by Crippen LogP contribution is 2.51. The predicted octanol–water partition coefficient (Wildman–Crippen LogP) is 3.78. The molecule has 0 radical (unpaired) electrons. The first-order valence-corrected chi connectivity index (χ1v) is 6.48. The van der Waals surface area contributed by atoms with Crippen molar-refractivity contribution in [2.24, 2.45) is 0 Å². The summed E-state index contributed by atoms with van der Waals surface area (Å²) in [7, 11) is 0. The maximum absolute atomic E-state index is 11.7. The van der Waals surface area contributed by atoms with Gasteiger partial charge in [-0.15, -0.1) is 0 Å². The smallest absolute Gasteiger partial charge is 0.161 e. The molecule has 2 heteroatoms. The van der Waals surface area contributed by atoms with E-state index in [9.17, 15) is 4.79 Å². The molecule has 3 rings (SSSR count). The Morgan fingerprint density at radius 3 is 2.42 bits per heavy atom. The van der Waals surface area contributed by atoms with Crippen molar-refractivity contribution in [1.82, 2.24) is 0 Å². The number of Topliss-reactive ketones (excluding diaryl/α,β-unsaturated/α-hetero) is 1. The second-order valence-electron chi connectivity index (χ2n) is 5.68. The zero-order valence-electron chi connectivity index (χ0n) is 11.4. The summed E-state index contributed by atoms with van der Waals surface area (Å²) < 4.78 is 0. The first-order chi connectivity index (χ1) is 8.94. The van der Waals surface area contributed by atoms with Gasteiger partial charge in [-0.25, -0.2) is 0 Å². The topological polar surface area (TPSA) is 43.1 Å². The minimum absolute atomic E-state index is 0.0204. The van der Waals surface area contributed by atoms with Crippen LogP contribution in [0.25, 0.3) is 11.1 Å². The fourth-order valence-corrected chi connectivity index (χ4v) is 3.22. The van der Waals surface area contributed by atoms with Gasteiger partial charge in [0.1, 0.15) is 0 Å². The lowest BCUT2D eigenvalue weighted by atomic mass is 9.80. The summed E-state index contributed by atoms with van der Waals surface area (Å²) in [6.07, 6.45) is 0. The molecule has 0 fully saturated rings. The highest BCUT2D eigenvalue weighted by Gasteiger charge is 2.37. The van der Waals surface area contributed by atoms with E-state index in [2.05, 4.69) is 32.0 Å². The third-order valence-corrected chi connectivity index (χ3v) is 4.14. The van der Waals surface area contributed by atoms with Gasteiger partial charge >= 0.3 is 0 Å². The second kappa shape index (κ2) is 3.70. The van der Waals surface area contributed by atoms with Crippen LogP contribution in [0, 0.1) is 0 Å². The first-order valence-electron chi connectivity index (χ1n) is 6.48. The van der Waals surface area contributed by atoms with E-state index in [1.54, 1.807) is 6.92 Å². The van der Waals surface area contributed by atoms with Gasteiger partial charge in [-0.2, -0.15) is 0 Å². The Kier molecular flexibility index (Phi) is 2.33. The fourth-order valence-electron chi connectivity index (χ4n) is 3.22. The Hall–Kier alpha value is -2.09. The number of carbonyl (C=O) groups excluding carboxylic acids is 1. The summed E-state index contributed by atoms with van der Waals surface area (Å²) in [4.78, 5) is 11.7. The summed E-state index contributed by atoms with van der Waals surface area (Å²) in [6, 6.07) is 12.2. The first kappa shape index (κ1) is 12.0. The zero-order chi connectivity index (χ0) is 13.8. The number of nitrogens with two attached hydrogens (primary N) is 1. The van der Waals surface area contributed by atoms with Gasteiger partial charge < -0.3 is 5.73 Å². The number of rotatable bonds is 1. The fraction of sp³-hybridized carbons (Fsp3) is 0.235. The highest BCUT2D eigenvalue weighted by molar-refractivity contribution is 6.02. The zero-order valence-corrected chi connectivity index (χ0v) is 11.4. The van der Waals surface area contributed by atoms with Crippen LogP contribution in [0.5, 0.6) is 0 Å². The number of carbonyl (C=O) groups is 1. The Labute approximate surface area is 113 Å². The predicted molar refractivity (Wildman–Crippen MR) is 78.4 cm³/mol. The molecule has 0 amide bonds. The van der Waals surface area contributed by atoms with Crippen molar-refractivity contribution in [3.63, 3.8) is 0 Å². The molecular formula is C17H17NO. The number of hydrogen-bond donors (Lipinski definition) is 1. The van der Waals surface area contributed by atoms with Crippen molar-refractivity contribution in [2.75, 3.05) is 5.73 Å². The molecule has 0 heterocycles. The molecule has 0 aromatic heterocycles. The van der Waals surface area contributed by atoms with Gasteiger partial charge in [0.05, 0.1) is 0 Å². The third-order valence-electron chi connectivity index (χ3n) is 4.14. The molecule has 0 bridgehead atoms. The van der Waals surface area contributed by atoms with Gasteiger partial charge in [0.15, 0.2) is 5.78 Å². The Morgan fingerprint density at radius 1 is 1.05 bits per heavy atom. The summed E-state index contributed by atoms with van der Waals surface area (Å²) in [6.45, 7) is 5.89. The van der Waals surface area contributed by atoms with E-state index in [1.165, 1.54) is 11.1 Å². The van der Waals surface area contributed by atoms with E-state index in [4.69, 9.17) is 5.73 Å². The number of hydrogen-bond acceptors (Lipinski definition) is 2. The molecule has 2 N–H and O–H groups in total. The average Bonchev–Trinajstić information content (AvgIpc) is 2.60. The van der Waals surface area contributed by atoms with Gasteiger partial charge in [-0.3, -0.25) is 4.79 Å². The summed E-state index contributed by atoms with van der Waals surface area (Å²) in [5.74, 6) is 0.0204. The molecule has 0 saturated carbocycles. The van der Waals surface area contributed by atoms with Crippen LogP contribution in [0.3, 0.4) is 0 Å². The molecule has 2 aromatic carbocycles. The van der Waals surface area contributed by atoms with Crippen molar-refractivity contribution in [3.8, 4) is 11.1 Å². The molecule has 0 spiro atoms. The average molecular weight is 251 g/mol. The molecule has 0 atom stereocenters. The molecule has 96 valence electrons. The summed E-state index contributed by atoms with van der Waals surface area (Å²) in [5.41, 5.74) is 12.1. The Balaban J connectivity index is 2.39. The Bertz CT molecular complexity index is 698. The normalized spacial score (nSPS) is 14.9. The van der Waals surface area contributed by atoms with Crippen molar-refractivity contribution in [1.29, 1.82) is 0 Å². The largest absolute Gasteiger partial charge is 0.398 e. The lowest BCUT2D eigenvalue weighted by Crippen LogP contribution is -2.18. The lowest BCUT2D eigenvalue weighted by Gasteiger charge is -2.23. The molecule has 19 heavy (non-hydrogen) atoms. The van der Waals surface area contributed by atoms with Gasteiger partial charge in [0, 0.05) is 16.7 Å². The Morgan fingerprint density at radius 2 is 1.74 bits per heavy atom. The van der Waals surface area contributed by atoms with Gasteiger partial charge in [-0.1, -0.05) is 44.2 Å². The molecular weight excluding hydrogens is 234 g/mol. The van der Waals surface area contributed by atoms with Gasteiger partial charge in [0.25, 0.3) is 0 Å². The minimum Gasteiger partial charge on any atom is -0.398 e. The van der Waals surface area contributed by atoms with Crippen LogP contribution in [0.1, 0.15) is 42.3 Å². The van der Waals surface area contributed by atoms with E-state index in [0.29, 0.717) is 11.3 Å². The van der Waals surface area contributed by atoms with E-state index >= 15 is 0 Å². The van der Waals surface area contributed by atoms with Crippen molar-refractivity contribution in [3.05, 3.63) is 53.1 Å². The maximum Gasteiger partial charge on any atom is 0.161 e. The quantitative estimate of drug-likeness (QED) is 0.619. The van der Waals surface area contributed by atoms with Gasteiger partial charge in [-0.05, 0) is 35.2 Å². The van der Waals surface area contributed by atoms with Crippen LogP contribution in [-0.4, -0.2) is 5.78 Å². The molecule has 0 unspecified atom stereocenters. The standard InChI is InChI=1S/C17H17NO/c1-10(19)11-8-9-13-12-6-4-5-7-14(12)17(2,3)15(13)16(11)18/h4-9H,18H2,1-3H3. The summed E-state index contributed by atoms with van der Waals surface area (Å²) in [5, 5.41) is 0. The van der Waals surface area contributed by atoms with E-state index in [-0.39, 0.29) is 11.2 Å². The minimum atomic E-state index is -0.151. The number of benzene rings is 2. The van der Waals surface area contributed by atoms with E-state index < -0.39 is 0 Å².